The molecule has 1 aromatic rings. The van der Waals surface area contributed by atoms with Crippen LogP contribution < -0.4 is 4.90 Å². The predicted octanol–water partition coefficient (Wildman–Crippen LogP) is 2.55. The first kappa shape index (κ1) is 11.5. The largest absolute Gasteiger partial charge is 0.476 e. The minimum atomic E-state index is -0.925. The van der Waals surface area contributed by atoms with Crippen LogP contribution in [0.4, 0.5) is 5.69 Å². The number of carboxylic acids is 1. The maximum atomic E-state index is 11.3. The molecule has 18 heavy (non-hydrogen) atoms. The summed E-state index contributed by atoms with van der Waals surface area (Å²) in [6.07, 6.45) is 7.78. The number of hydrogen-bond acceptors (Lipinski definition) is 3. The number of anilines is 1. The molecule has 1 saturated carbocycles. The molecule has 2 aliphatic rings. The Labute approximate surface area is 107 Å². The van der Waals surface area contributed by atoms with Crippen molar-refractivity contribution in [2.24, 2.45) is 5.92 Å². The van der Waals surface area contributed by atoms with Gasteiger partial charge in [0.1, 0.15) is 0 Å². The van der Waals surface area contributed by atoms with Gasteiger partial charge in [0.05, 0.1) is 5.69 Å². The fraction of sp³-hybridized carbons (Fsp3) is 0.571. The van der Waals surface area contributed by atoms with Gasteiger partial charge in [0.2, 0.25) is 0 Å². The van der Waals surface area contributed by atoms with Gasteiger partial charge in [-0.1, -0.05) is 6.42 Å². The first-order valence-corrected chi connectivity index (χ1v) is 6.72. The van der Waals surface area contributed by atoms with Crippen LogP contribution in [-0.2, 0) is 0 Å². The SMILES string of the molecule is O=C(O)c1ncccc1N1CCCC2CCCC21. The lowest BCUT2D eigenvalue weighted by Crippen LogP contribution is -2.43. The van der Waals surface area contributed by atoms with E-state index in [9.17, 15) is 9.90 Å². The molecule has 3 rings (SSSR count). The van der Waals surface area contributed by atoms with Crippen molar-refractivity contribution in [1.29, 1.82) is 0 Å². The molecular formula is C14H18N2O2. The van der Waals surface area contributed by atoms with Crippen LogP contribution in [0.2, 0.25) is 0 Å². The van der Waals surface area contributed by atoms with E-state index in [0.29, 0.717) is 6.04 Å². The standard InChI is InChI=1S/C14H18N2O2/c17-14(18)13-12(7-2-8-15-13)16-9-3-5-10-4-1-6-11(10)16/h2,7-8,10-11H,1,3-6,9H2,(H,17,18). The summed E-state index contributed by atoms with van der Waals surface area (Å²) in [6, 6.07) is 4.26. The molecule has 0 bridgehead atoms. The Morgan fingerprint density at radius 2 is 2.17 bits per heavy atom. The van der Waals surface area contributed by atoms with E-state index in [-0.39, 0.29) is 5.69 Å². The van der Waals surface area contributed by atoms with Crippen LogP contribution in [-0.4, -0.2) is 28.6 Å². The average molecular weight is 246 g/mol. The molecule has 0 spiro atoms. The summed E-state index contributed by atoms with van der Waals surface area (Å²) in [7, 11) is 0. The van der Waals surface area contributed by atoms with Gasteiger partial charge < -0.3 is 10.0 Å². The molecule has 1 aliphatic heterocycles. The highest BCUT2D eigenvalue weighted by molar-refractivity contribution is 5.92. The molecule has 96 valence electrons. The van der Waals surface area contributed by atoms with E-state index in [2.05, 4.69) is 9.88 Å². The van der Waals surface area contributed by atoms with E-state index in [1.807, 2.05) is 12.1 Å². The van der Waals surface area contributed by atoms with Crippen molar-refractivity contribution in [2.45, 2.75) is 38.1 Å². The highest BCUT2D eigenvalue weighted by Crippen LogP contribution is 2.39. The van der Waals surface area contributed by atoms with Crippen LogP contribution in [0.25, 0.3) is 0 Å². The molecular weight excluding hydrogens is 228 g/mol. The minimum Gasteiger partial charge on any atom is -0.476 e. The molecule has 4 heteroatoms. The average Bonchev–Trinajstić information content (AvgIpc) is 2.86. The summed E-state index contributed by atoms with van der Waals surface area (Å²) in [6.45, 7) is 0.965. The van der Waals surface area contributed by atoms with Crippen molar-refractivity contribution in [1.82, 2.24) is 4.98 Å². The number of pyridine rings is 1. The normalized spacial score (nSPS) is 27.0. The fourth-order valence-corrected chi connectivity index (χ4v) is 3.55. The van der Waals surface area contributed by atoms with E-state index in [1.54, 1.807) is 6.20 Å². The second-order valence-corrected chi connectivity index (χ2v) is 5.27. The zero-order valence-corrected chi connectivity index (χ0v) is 10.4. The smallest absolute Gasteiger partial charge is 0.356 e. The van der Waals surface area contributed by atoms with Crippen molar-refractivity contribution in [3.05, 3.63) is 24.0 Å². The van der Waals surface area contributed by atoms with Crippen molar-refractivity contribution in [3.63, 3.8) is 0 Å². The third kappa shape index (κ3) is 1.85. The first-order valence-electron chi connectivity index (χ1n) is 6.72. The number of hydrogen-bond donors (Lipinski definition) is 1. The number of aromatic carboxylic acids is 1. The number of nitrogens with zero attached hydrogens (tertiary/aromatic N) is 2. The van der Waals surface area contributed by atoms with Gasteiger partial charge in [-0.05, 0) is 43.7 Å². The van der Waals surface area contributed by atoms with Gasteiger partial charge in [0.25, 0.3) is 0 Å². The zero-order chi connectivity index (χ0) is 12.5. The van der Waals surface area contributed by atoms with Gasteiger partial charge in [0, 0.05) is 18.8 Å². The predicted molar refractivity (Wildman–Crippen MR) is 68.9 cm³/mol. The van der Waals surface area contributed by atoms with Crippen LogP contribution in [0, 0.1) is 5.92 Å². The number of rotatable bonds is 2. The third-order valence-corrected chi connectivity index (χ3v) is 4.29. The van der Waals surface area contributed by atoms with E-state index >= 15 is 0 Å². The Kier molecular flexibility index (Phi) is 2.94. The summed E-state index contributed by atoms with van der Waals surface area (Å²) in [5.74, 6) is -0.175. The monoisotopic (exact) mass is 246 g/mol. The van der Waals surface area contributed by atoms with Crippen molar-refractivity contribution >= 4 is 11.7 Å². The Morgan fingerprint density at radius 3 is 3.00 bits per heavy atom. The second-order valence-electron chi connectivity index (χ2n) is 5.27. The molecule has 0 radical (unpaired) electrons. The maximum absolute atomic E-state index is 11.3. The van der Waals surface area contributed by atoms with E-state index < -0.39 is 5.97 Å². The van der Waals surface area contributed by atoms with Crippen molar-refractivity contribution < 1.29 is 9.90 Å². The van der Waals surface area contributed by atoms with Gasteiger partial charge in [-0.2, -0.15) is 0 Å². The molecule has 1 N–H and O–H groups in total. The maximum Gasteiger partial charge on any atom is 0.356 e. The quantitative estimate of drug-likeness (QED) is 0.871. The zero-order valence-electron chi connectivity index (χ0n) is 10.4. The lowest BCUT2D eigenvalue weighted by atomic mass is 9.91. The lowest BCUT2D eigenvalue weighted by molar-refractivity contribution is 0.0691. The Hall–Kier alpha value is -1.58. The minimum absolute atomic E-state index is 0.199. The van der Waals surface area contributed by atoms with Crippen molar-refractivity contribution in [3.8, 4) is 0 Å². The number of carboxylic acid groups (broad SMARTS) is 1. The third-order valence-electron chi connectivity index (χ3n) is 4.29. The van der Waals surface area contributed by atoms with Gasteiger partial charge >= 0.3 is 5.97 Å². The van der Waals surface area contributed by atoms with Crippen LogP contribution in [0.3, 0.4) is 0 Å². The van der Waals surface area contributed by atoms with Crippen molar-refractivity contribution in [2.75, 3.05) is 11.4 Å². The van der Waals surface area contributed by atoms with Gasteiger partial charge in [0.15, 0.2) is 5.69 Å². The molecule has 4 nitrogen and oxygen atoms in total. The molecule has 2 heterocycles. The van der Waals surface area contributed by atoms with Crippen LogP contribution in [0.5, 0.6) is 0 Å². The van der Waals surface area contributed by atoms with E-state index in [0.717, 1.165) is 24.6 Å². The first-order chi connectivity index (χ1) is 8.77. The van der Waals surface area contributed by atoms with Crippen LogP contribution in [0.15, 0.2) is 18.3 Å². The number of fused-ring (bicyclic) bond motifs is 1. The highest BCUT2D eigenvalue weighted by Gasteiger charge is 2.36. The molecule has 1 aliphatic carbocycles. The second kappa shape index (κ2) is 4.59. The topological polar surface area (TPSA) is 53.4 Å². The summed E-state index contributed by atoms with van der Waals surface area (Å²) in [5, 5.41) is 9.25. The number of aromatic nitrogens is 1. The molecule has 2 unspecified atom stereocenters. The molecule has 2 atom stereocenters. The van der Waals surface area contributed by atoms with E-state index in [1.165, 1.54) is 25.7 Å². The summed E-state index contributed by atoms with van der Waals surface area (Å²) < 4.78 is 0. The van der Waals surface area contributed by atoms with Crippen LogP contribution in [0.1, 0.15) is 42.6 Å². The summed E-state index contributed by atoms with van der Waals surface area (Å²) >= 11 is 0. The van der Waals surface area contributed by atoms with Crippen LogP contribution >= 0.6 is 0 Å². The Bertz CT molecular complexity index is 461. The molecule has 0 aromatic carbocycles. The van der Waals surface area contributed by atoms with E-state index in [4.69, 9.17) is 0 Å². The molecule has 1 saturated heterocycles. The van der Waals surface area contributed by atoms with Gasteiger partial charge in [-0.15, -0.1) is 0 Å². The van der Waals surface area contributed by atoms with Gasteiger partial charge in [-0.25, -0.2) is 9.78 Å². The Balaban J connectivity index is 1.96. The summed E-state index contributed by atoms with van der Waals surface area (Å²) in [5.41, 5.74) is 1.01. The highest BCUT2D eigenvalue weighted by atomic mass is 16.4. The van der Waals surface area contributed by atoms with Gasteiger partial charge in [-0.3, -0.25) is 0 Å². The Morgan fingerprint density at radius 1 is 1.33 bits per heavy atom. The fourth-order valence-electron chi connectivity index (χ4n) is 3.55. The molecule has 0 amide bonds. The lowest BCUT2D eigenvalue weighted by Gasteiger charge is -2.39. The molecule has 1 aromatic heterocycles. The number of piperidine rings is 1. The summed E-state index contributed by atoms with van der Waals surface area (Å²) in [4.78, 5) is 17.6. The molecule has 2 fully saturated rings. The number of carbonyl (C=O) groups is 1.